The number of para-hydroxylation sites is 1. The Hall–Kier alpha value is -0.820. The summed E-state index contributed by atoms with van der Waals surface area (Å²) in [6.07, 6.45) is 1.76. The third kappa shape index (κ3) is 0.745. The van der Waals surface area contributed by atoms with Gasteiger partial charge in [-0.1, -0.05) is 18.2 Å². The minimum Gasteiger partial charge on any atom is -0.259 e. The molecule has 50 valence electrons. The summed E-state index contributed by atoms with van der Waals surface area (Å²) in [5, 5.41) is -0.0174. The monoisotopic (exact) mass is 151 g/mol. The van der Waals surface area contributed by atoms with E-state index in [2.05, 4.69) is 4.99 Å². The Morgan fingerprint density at radius 1 is 1.30 bits per heavy atom. The number of alkyl halides is 1. The zero-order chi connectivity index (χ0) is 6.97. The number of benzene rings is 1. The van der Waals surface area contributed by atoms with E-state index in [1.807, 2.05) is 24.3 Å². The normalized spacial score (nSPS) is 21.1. The molecule has 2 rings (SSSR count). The van der Waals surface area contributed by atoms with Crippen LogP contribution in [0.1, 0.15) is 10.9 Å². The lowest BCUT2D eigenvalue weighted by Crippen LogP contribution is -1.82. The lowest BCUT2D eigenvalue weighted by molar-refractivity contribution is 1.36. The third-order valence-electron chi connectivity index (χ3n) is 1.58. The molecule has 0 saturated carbocycles. The molecule has 1 aliphatic rings. The van der Waals surface area contributed by atoms with Gasteiger partial charge in [0.25, 0.3) is 0 Å². The average molecular weight is 152 g/mol. The molecule has 0 saturated heterocycles. The van der Waals surface area contributed by atoms with Crippen LogP contribution >= 0.6 is 11.6 Å². The first kappa shape index (κ1) is 5.93. The number of hydrogen-bond acceptors (Lipinski definition) is 1. The fourth-order valence-electron chi connectivity index (χ4n) is 1.06. The Kier molecular flexibility index (Phi) is 1.24. The molecular weight excluding hydrogens is 146 g/mol. The fraction of sp³-hybridized carbons (Fsp3) is 0.125. The van der Waals surface area contributed by atoms with Crippen molar-refractivity contribution in [2.45, 2.75) is 5.38 Å². The molecule has 1 nitrogen and oxygen atoms in total. The first-order valence-electron chi connectivity index (χ1n) is 3.15. The van der Waals surface area contributed by atoms with Crippen molar-refractivity contribution in [1.29, 1.82) is 0 Å². The molecule has 1 aliphatic heterocycles. The van der Waals surface area contributed by atoms with Gasteiger partial charge in [-0.3, -0.25) is 4.99 Å². The van der Waals surface area contributed by atoms with Crippen molar-refractivity contribution in [2.24, 2.45) is 4.99 Å². The SMILES string of the molecule is ClC1C=Nc2ccccc21. The van der Waals surface area contributed by atoms with Crippen LogP contribution in [0.5, 0.6) is 0 Å². The number of nitrogens with zero attached hydrogens (tertiary/aromatic N) is 1. The molecule has 0 bridgehead atoms. The van der Waals surface area contributed by atoms with Gasteiger partial charge in [0.2, 0.25) is 0 Å². The zero-order valence-electron chi connectivity index (χ0n) is 5.29. The van der Waals surface area contributed by atoms with Gasteiger partial charge in [0.1, 0.15) is 0 Å². The Morgan fingerprint density at radius 2 is 2.10 bits per heavy atom. The summed E-state index contributed by atoms with van der Waals surface area (Å²) in [7, 11) is 0. The van der Waals surface area contributed by atoms with E-state index < -0.39 is 0 Å². The lowest BCUT2D eigenvalue weighted by Gasteiger charge is -1.97. The summed E-state index contributed by atoms with van der Waals surface area (Å²) in [6.45, 7) is 0. The highest BCUT2D eigenvalue weighted by Gasteiger charge is 2.13. The molecular formula is C8H6ClN. The molecule has 10 heavy (non-hydrogen) atoms. The van der Waals surface area contributed by atoms with E-state index in [1.165, 1.54) is 0 Å². The van der Waals surface area contributed by atoms with Crippen molar-refractivity contribution >= 4 is 23.5 Å². The quantitative estimate of drug-likeness (QED) is 0.506. The van der Waals surface area contributed by atoms with E-state index in [9.17, 15) is 0 Å². The third-order valence-corrected chi connectivity index (χ3v) is 1.93. The molecule has 1 aromatic carbocycles. The molecule has 0 aromatic heterocycles. The molecule has 1 heterocycles. The van der Waals surface area contributed by atoms with Crippen molar-refractivity contribution in [1.82, 2.24) is 0 Å². The molecule has 1 aromatic rings. The molecule has 0 aliphatic carbocycles. The summed E-state index contributed by atoms with van der Waals surface area (Å²) in [6, 6.07) is 7.90. The van der Waals surface area contributed by atoms with Crippen LogP contribution in [0.2, 0.25) is 0 Å². The summed E-state index contributed by atoms with van der Waals surface area (Å²) >= 11 is 5.89. The molecule has 0 radical (unpaired) electrons. The maximum Gasteiger partial charge on any atom is 0.0958 e. The second-order valence-corrected chi connectivity index (χ2v) is 2.71. The molecule has 2 heteroatoms. The second kappa shape index (κ2) is 2.10. The lowest BCUT2D eigenvalue weighted by atomic mass is 10.2. The van der Waals surface area contributed by atoms with Crippen LogP contribution in [-0.2, 0) is 0 Å². The van der Waals surface area contributed by atoms with Gasteiger partial charge < -0.3 is 0 Å². The number of aliphatic imine (C=N–C) groups is 1. The van der Waals surface area contributed by atoms with Gasteiger partial charge in [0.05, 0.1) is 11.1 Å². The van der Waals surface area contributed by atoms with Gasteiger partial charge in [0.15, 0.2) is 0 Å². The van der Waals surface area contributed by atoms with Crippen molar-refractivity contribution in [3.8, 4) is 0 Å². The van der Waals surface area contributed by atoms with E-state index >= 15 is 0 Å². The number of halogens is 1. The van der Waals surface area contributed by atoms with Crippen LogP contribution in [0, 0.1) is 0 Å². The first-order valence-corrected chi connectivity index (χ1v) is 3.59. The van der Waals surface area contributed by atoms with Gasteiger partial charge in [-0.2, -0.15) is 0 Å². The summed E-state index contributed by atoms with van der Waals surface area (Å²) in [5.41, 5.74) is 2.12. The van der Waals surface area contributed by atoms with Crippen LogP contribution in [-0.4, -0.2) is 6.21 Å². The van der Waals surface area contributed by atoms with E-state index in [0.29, 0.717) is 0 Å². The van der Waals surface area contributed by atoms with Crippen LogP contribution in [0.15, 0.2) is 29.3 Å². The minimum atomic E-state index is -0.0174. The van der Waals surface area contributed by atoms with Gasteiger partial charge in [-0.05, 0) is 6.07 Å². The topological polar surface area (TPSA) is 12.4 Å². The number of rotatable bonds is 0. The Labute approximate surface area is 64.4 Å². The van der Waals surface area contributed by atoms with Crippen LogP contribution in [0.3, 0.4) is 0 Å². The molecule has 0 spiro atoms. The maximum absolute atomic E-state index is 5.89. The van der Waals surface area contributed by atoms with E-state index in [0.717, 1.165) is 11.3 Å². The van der Waals surface area contributed by atoms with Gasteiger partial charge in [-0.25, -0.2) is 0 Å². The van der Waals surface area contributed by atoms with Crippen molar-refractivity contribution in [2.75, 3.05) is 0 Å². The highest BCUT2D eigenvalue weighted by atomic mass is 35.5. The van der Waals surface area contributed by atoms with Gasteiger partial charge in [-0.15, -0.1) is 11.6 Å². The standard InChI is InChI=1S/C8H6ClN/c9-7-5-10-8-4-2-1-3-6(7)8/h1-5,7H. The Balaban J connectivity index is 2.59. The Morgan fingerprint density at radius 3 is 2.90 bits per heavy atom. The summed E-state index contributed by atoms with van der Waals surface area (Å²) < 4.78 is 0. The van der Waals surface area contributed by atoms with Crippen LogP contribution < -0.4 is 0 Å². The second-order valence-electron chi connectivity index (χ2n) is 2.24. The van der Waals surface area contributed by atoms with Crippen LogP contribution in [0.4, 0.5) is 5.69 Å². The molecule has 0 N–H and O–H groups in total. The molecule has 1 unspecified atom stereocenters. The summed E-state index contributed by atoms with van der Waals surface area (Å²) in [5.74, 6) is 0. The predicted octanol–water partition coefficient (Wildman–Crippen LogP) is 2.68. The van der Waals surface area contributed by atoms with E-state index in [1.54, 1.807) is 6.21 Å². The van der Waals surface area contributed by atoms with Crippen molar-refractivity contribution < 1.29 is 0 Å². The number of hydrogen-bond donors (Lipinski definition) is 0. The van der Waals surface area contributed by atoms with E-state index in [4.69, 9.17) is 11.6 Å². The van der Waals surface area contributed by atoms with Crippen molar-refractivity contribution in [3.63, 3.8) is 0 Å². The van der Waals surface area contributed by atoms with Crippen LogP contribution in [0.25, 0.3) is 0 Å². The summed E-state index contributed by atoms with van der Waals surface area (Å²) in [4.78, 5) is 4.12. The minimum absolute atomic E-state index is 0.0174. The average Bonchev–Trinajstić information content (AvgIpc) is 2.34. The smallest absolute Gasteiger partial charge is 0.0958 e. The van der Waals surface area contributed by atoms with E-state index in [-0.39, 0.29) is 5.38 Å². The first-order chi connectivity index (χ1) is 4.88. The Bertz CT molecular complexity index is 280. The molecule has 0 fully saturated rings. The molecule has 0 amide bonds. The largest absolute Gasteiger partial charge is 0.259 e. The predicted molar refractivity (Wildman–Crippen MR) is 43.2 cm³/mol. The number of fused-ring (bicyclic) bond motifs is 1. The molecule has 1 atom stereocenters. The highest BCUT2D eigenvalue weighted by Crippen LogP contribution is 2.33. The zero-order valence-corrected chi connectivity index (χ0v) is 6.05. The fourth-order valence-corrected chi connectivity index (χ4v) is 1.31. The maximum atomic E-state index is 5.89. The van der Waals surface area contributed by atoms with Gasteiger partial charge in [0, 0.05) is 11.8 Å². The highest BCUT2D eigenvalue weighted by molar-refractivity contribution is 6.29. The van der Waals surface area contributed by atoms with Crippen molar-refractivity contribution in [3.05, 3.63) is 29.8 Å². The van der Waals surface area contributed by atoms with Gasteiger partial charge >= 0.3 is 0 Å².